The fraction of sp³-hybridized carbons (Fsp3) is 0.296. The summed E-state index contributed by atoms with van der Waals surface area (Å²) < 4.78 is 7.05. The third kappa shape index (κ3) is 6.57. The number of ether oxygens (including phenoxy) is 1. The third-order valence-electron chi connectivity index (χ3n) is 5.50. The van der Waals surface area contributed by atoms with Crippen molar-refractivity contribution in [1.29, 1.82) is 5.41 Å². The summed E-state index contributed by atoms with van der Waals surface area (Å²) in [6.45, 7) is 5.43. The number of carbonyl (C=O) groups is 2. The molecular formula is C27H30N3O4-. The monoisotopic (exact) mass is 460 g/mol. The van der Waals surface area contributed by atoms with E-state index in [2.05, 4.69) is 5.32 Å². The highest BCUT2D eigenvalue weighted by Crippen LogP contribution is 2.25. The molecule has 0 radical (unpaired) electrons. The molecule has 2 aromatic carbocycles. The van der Waals surface area contributed by atoms with Gasteiger partial charge in [-0.1, -0.05) is 81.4 Å². The summed E-state index contributed by atoms with van der Waals surface area (Å²) in [6, 6.07) is 18.9. The Morgan fingerprint density at radius 3 is 2.21 bits per heavy atom. The number of aromatic nitrogens is 1. The SMILES string of the molecule is CC(C)(C)C(NC(=O)C(CC(=O)OCc1ccccc1)n1ccc(-c2ccccc2)c1)C(=N)[O-]. The first-order valence-corrected chi connectivity index (χ1v) is 11.1. The van der Waals surface area contributed by atoms with Crippen LogP contribution in [0.3, 0.4) is 0 Å². The maximum absolute atomic E-state index is 13.3. The molecule has 0 aliphatic rings. The Kier molecular flexibility index (Phi) is 7.89. The molecule has 2 N–H and O–H groups in total. The molecule has 178 valence electrons. The van der Waals surface area contributed by atoms with Gasteiger partial charge in [0.25, 0.3) is 0 Å². The van der Waals surface area contributed by atoms with Crippen LogP contribution in [0.1, 0.15) is 38.8 Å². The molecule has 0 saturated carbocycles. The summed E-state index contributed by atoms with van der Waals surface area (Å²) in [5.74, 6) is -1.94. The minimum atomic E-state index is -1.01. The van der Waals surface area contributed by atoms with Crippen molar-refractivity contribution >= 4 is 17.8 Å². The van der Waals surface area contributed by atoms with Gasteiger partial charge in [0, 0.05) is 12.4 Å². The second kappa shape index (κ2) is 10.8. The maximum atomic E-state index is 13.3. The van der Waals surface area contributed by atoms with Gasteiger partial charge in [-0.25, -0.2) is 0 Å². The minimum absolute atomic E-state index is 0.102. The standard InChI is InChI=1S/C27H31N3O4/c1-27(2,3)24(25(28)32)29-26(33)22(16-23(31)34-18-19-10-6-4-7-11-19)30-15-14-21(17-30)20-12-8-5-9-13-20/h4-15,17,22,24H,16,18H2,1-3H3,(H2,28,32)(H,29,33)/p-1. The molecule has 0 fully saturated rings. The van der Waals surface area contributed by atoms with Crippen LogP contribution in [0.5, 0.6) is 0 Å². The van der Waals surface area contributed by atoms with E-state index in [1.54, 1.807) is 37.7 Å². The van der Waals surface area contributed by atoms with E-state index in [1.807, 2.05) is 66.7 Å². The van der Waals surface area contributed by atoms with Gasteiger partial charge in [0.05, 0.1) is 12.5 Å². The van der Waals surface area contributed by atoms with Crippen LogP contribution in [0.25, 0.3) is 11.1 Å². The first-order valence-electron chi connectivity index (χ1n) is 11.1. The van der Waals surface area contributed by atoms with Gasteiger partial charge in [-0.05, 0) is 34.1 Å². The number of hydrogen-bond acceptors (Lipinski definition) is 5. The third-order valence-corrected chi connectivity index (χ3v) is 5.50. The van der Waals surface area contributed by atoms with Gasteiger partial charge in [0.2, 0.25) is 5.91 Å². The number of benzene rings is 2. The van der Waals surface area contributed by atoms with E-state index >= 15 is 0 Å². The summed E-state index contributed by atoms with van der Waals surface area (Å²) in [4.78, 5) is 26.0. The molecule has 3 aromatic rings. The van der Waals surface area contributed by atoms with E-state index in [1.165, 1.54) is 0 Å². The van der Waals surface area contributed by atoms with Crippen LogP contribution in [-0.4, -0.2) is 28.4 Å². The lowest BCUT2D eigenvalue weighted by Gasteiger charge is -2.35. The molecular weight excluding hydrogens is 430 g/mol. The maximum Gasteiger partial charge on any atom is 0.308 e. The van der Waals surface area contributed by atoms with Crippen LogP contribution < -0.4 is 10.4 Å². The Bertz CT molecular complexity index is 1120. The molecule has 2 unspecified atom stereocenters. The first-order chi connectivity index (χ1) is 16.1. The van der Waals surface area contributed by atoms with Crippen LogP contribution in [-0.2, 0) is 20.9 Å². The number of rotatable bonds is 9. The van der Waals surface area contributed by atoms with Crippen LogP contribution >= 0.6 is 0 Å². The molecule has 0 aliphatic carbocycles. The van der Waals surface area contributed by atoms with Crippen molar-refractivity contribution in [1.82, 2.24) is 9.88 Å². The average molecular weight is 461 g/mol. The van der Waals surface area contributed by atoms with E-state index in [-0.39, 0.29) is 13.0 Å². The average Bonchev–Trinajstić information content (AvgIpc) is 3.30. The van der Waals surface area contributed by atoms with Gasteiger partial charge in [-0.15, -0.1) is 0 Å². The van der Waals surface area contributed by atoms with Gasteiger partial charge in [0.15, 0.2) is 0 Å². The number of nitrogens with zero attached hydrogens (tertiary/aromatic N) is 1. The number of amides is 1. The van der Waals surface area contributed by atoms with Gasteiger partial charge < -0.3 is 25.1 Å². The zero-order valence-corrected chi connectivity index (χ0v) is 19.7. The van der Waals surface area contributed by atoms with Crippen LogP contribution in [0, 0.1) is 10.8 Å². The number of carbonyl (C=O) groups excluding carboxylic acids is 2. The predicted octanol–water partition coefficient (Wildman–Crippen LogP) is 3.70. The molecule has 3 rings (SSSR count). The molecule has 0 aliphatic heterocycles. The highest BCUT2D eigenvalue weighted by Gasteiger charge is 2.31. The molecule has 2 atom stereocenters. The van der Waals surface area contributed by atoms with Crippen molar-refractivity contribution in [2.75, 3.05) is 0 Å². The van der Waals surface area contributed by atoms with Gasteiger partial charge in [-0.2, -0.15) is 0 Å². The van der Waals surface area contributed by atoms with E-state index in [0.29, 0.717) is 0 Å². The van der Waals surface area contributed by atoms with Crippen LogP contribution in [0.2, 0.25) is 0 Å². The molecule has 0 spiro atoms. The molecule has 1 aromatic heterocycles. The Labute approximate surface area is 199 Å². The molecule has 1 amide bonds. The zero-order valence-electron chi connectivity index (χ0n) is 19.7. The van der Waals surface area contributed by atoms with Crippen molar-refractivity contribution in [3.05, 3.63) is 84.7 Å². The van der Waals surface area contributed by atoms with Crippen LogP contribution in [0.15, 0.2) is 79.1 Å². The quantitative estimate of drug-likeness (QED) is 0.288. The van der Waals surface area contributed by atoms with Gasteiger partial charge in [-0.3, -0.25) is 9.59 Å². The minimum Gasteiger partial charge on any atom is -0.861 e. The number of esters is 1. The predicted molar refractivity (Wildman–Crippen MR) is 129 cm³/mol. The first kappa shape index (κ1) is 24.8. The zero-order chi connectivity index (χ0) is 24.7. The highest BCUT2D eigenvalue weighted by molar-refractivity contribution is 5.89. The van der Waals surface area contributed by atoms with Crippen molar-refractivity contribution in [3.63, 3.8) is 0 Å². The van der Waals surface area contributed by atoms with Crippen molar-refractivity contribution in [2.45, 2.75) is 45.9 Å². The van der Waals surface area contributed by atoms with Crippen molar-refractivity contribution in [2.24, 2.45) is 5.41 Å². The lowest BCUT2D eigenvalue weighted by atomic mass is 9.86. The number of nitrogens with one attached hydrogen (secondary N) is 2. The summed E-state index contributed by atoms with van der Waals surface area (Å²) >= 11 is 0. The van der Waals surface area contributed by atoms with Gasteiger partial charge >= 0.3 is 5.97 Å². The molecule has 0 bridgehead atoms. The Morgan fingerprint density at radius 2 is 1.62 bits per heavy atom. The molecule has 0 saturated heterocycles. The summed E-state index contributed by atoms with van der Waals surface area (Å²) in [7, 11) is 0. The normalized spacial score (nSPS) is 13.0. The summed E-state index contributed by atoms with van der Waals surface area (Å²) in [6.07, 6.45) is 3.30. The Balaban J connectivity index is 1.82. The van der Waals surface area contributed by atoms with Gasteiger partial charge in [0.1, 0.15) is 12.6 Å². The van der Waals surface area contributed by atoms with E-state index < -0.39 is 35.3 Å². The Morgan fingerprint density at radius 1 is 1.00 bits per heavy atom. The lowest BCUT2D eigenvalue weighted by Crippen LogP contribution is -2.54. The fourth-order valence-corrected chi connectivity index (χ4v) is 3.61. The second-order valence-electron chi connectivity index (χ2n) is 9.25. The molecule has 34 heavy (non-hydrogen) atoms. The largest absolute Gasteiger partial charge is 0.861 e. The summed E-state index contributed by atoms with van der Waals surface area (Å²) in [5, 5.41) is 22.2. The van der Waals surface area contributed by atoms with E-state index in [4.69, 9.17) is 10.1 Å². The Hall–Kier alpha value is -3.87. The fourth-order valence-electron chi connectivity index (χ4n) is 3.61. The number of hydrogen-bond donors (Lipinski definition) is 2. The summed E-state index contributed by atoms with van der Waals surface area (Å²) in [5.41, 5.74) is 2.05. The van der Waals surface area contributed by atoms with E-state index in [0.717, 1.165) is 16.7 Å². The molecule has 7 nitrogen and oxygen atoms in total. The van der Waals surface area contributed by atoms with Crippen molar-refractivity contribution < 1.29 is 19.4 Å². The molecule has 1 heterocycles. The topological polar surface area (TPSA) is 107 Å². The molecule has 7 heteroatoms. The lowest BCUT2D eigenvalue weighted by molar-refractivity contribution is -0.226. The second-order valence-corrected chi connectivity index (χ2v) is 9.25. The van der Waals surface area contributed by atoms with Crippen molar-refractivity contribution in [3.8, 4) is 11.1 Å². The van der Waals surface area contributed by atoms with E-state index in [9.17, 15) is 14.7 Å². The highest BCUT2D eigenvalue weighted by atomic mass is 16.5. The van der Waals surface area contributed by atoms with Crippen LogP contribution in [0.4, 0.5) is 0 Å². The smallest absolute Gasteiger partial charge is 0.308 e.